The number of hydrogen-bond donors (Lipinski definition) is 2. The second kappa shape index (κ2) is 13.2. The Morgan fingerprint density at radius 1 is 1.02 bits per heavy atom. The fourth-order valence-electron chi connectivity index (χ4n) is 5.92. The van der Waals surface area contributed by atoms with E-state index in [4.69, 9.17) is 4.74 Å². The van der Waals surface area contributed by atoms with Gasteiger partial charge in [-0.2, -0.15) is 0 Å². The number of hydrogen-bond acceptors (Lipinski definition) is 6. The summed E-state index contributed by atoms with van der Waals surface area (Å²) >= 11 is 0. The van der Waals surface area contributed by atoms with Crippen LogP contribution < -0.4 is 15.5 Å². The van der Waals surface area contributed by atoms with Crippen LogP contribution in [0, 0.1) is 18.7 Å². The number of anilines is 2. The van der Waals surface area contributed by atoms with Gasteiger partial charge in [-0.05, 0) is 108 Å². The number of carbonyl (C=O) groups excluding carboxylic acids is 2. The summed E-state index contributed by atoms with van der Waals surface area (Å²) < 4.78 is 20.9. The predicted octanol–water partition coefficient (Wildman–Crippen LogP) is 5.66. The van der Waals surface area contributed by atoms with Crippen LogP contribution in [0.1, 0.15) is 57.7 Å². The fraction of sp³-hybridized carbons (Fsp3) is 0.485. The van der Waals surface area contributed by atoms with Crippen LogP contribution in [0.3, 0.4) is 0 Å². The van der Waals surface area contributed by atoms with Crippen LogP contribution in [0.2, 0.25) is 0 Å². The van der Waals surface area contributed by atoms with Gasteiger partial charge in [0, 0.05) is 55.5 Å². The zero-order valence-corrected chi connectivity index (χ0v) is 25.6. The molecule has 2 aliphatic heterocycles. The third-order valence-electron chi connectivity index (χ3n) is 7.87. The number of alkyl carbamates (subject to hydrolysis) is 1. The van der Waals surface area contributed by atoms with Gasteiger partial charge in [-0.15, -0.1) is 0 Å². The normalized spacial score (nSPS) is 19.6. The van der Waals surface area contributed by atoms with Crippen LogP contribution in [0.25, 0.3) is 5.69 Å². The minimum absolute atomic E-state index is 0.0117. The Morgan fingerprint density at radius 3 is 2.51 bits per heavy atom. The molecule has 1 aromatic heterocycles. The number of likely N-dealkylation sites (tertiary alicyclic amines) is 1. The summed E-state index contributed by atoms with van der Waals surface area (Å²) in [5, 5.41) is 6.22. The highest BCUT2D eigenvalue weighted by Gasteiger charge is 2.27. The summed E-state index contributed by atoms with van der Waals surface area (Å²) in [5.74, 6) is -0.460. The molecule has 43 heavy (non-hydrogen) atoms. The number of piperidine rings is 2. The molecule has 3 heterocycles. The fourth-order valence-corrected chi connectivity index (χ4v) is 5.92. The Morgan fingerprint density at radius 2 is 1.79 bits per heavy atom. The van der Waals surface area contributed by atoms with E-state index in [9.17, 15) is 14.0 Å². The molecule has 0 aliphatic carbocycles. The lowest BCUT2D eigenvalue weighted by molar-refractivity contribution is -0.120. The van der Waals surface area contributed by atoms with Crippen molar-refractivity contribution in [3.8, 4) is 5.69 Å². The highest BCUT2D eigenvalue weighted by molar-refractivity contribution is 5.93. The van der Waals surface area contributed by atoms with Crippen molar-refractivity contribution in [2.75, 3.05) is 36.4 Å². The highest BCUT2D eigenvalue weighted by Crippen LogP contribution is 2.26. The molecule has 9 nitrogen and oxygen atoms in total. The molecular weight excluding hydrogens is 547 g/mol. The monoisotopic (exact) mass is 590 g/mol. The Kier molecular flexibility index (Phi) is 9.34. The number of aryl methyl sites for hydroxylation is 1. The van der Waals surface area contributed by atoms with Gasteiger partial charge in [0.15, 0.2) is 0 Å². The number of nitrogens with one attached hydrogen (secondary N) is 2. The van der Waals surface area contributed by atoms with E-state index in [1.807, 2.05) is 50.6 Å². The maximum Gasteiger partial charge on any atom is 0.407 e. The lowest BCUT2D eigenvalue weighted by Gasteiger charge is -2.34. The van der Waals surface area contributed by atoms with Crippen LogP contribution in [-0.2, 0) is 16.1 Å². The number of carbonyl (C=O) groups is 2. The molecule has 0 bridgehead atoms. The number of imidazole rings is 1. The minimum Gasteiger partial charge on any atom is -0.444 e. The van der Waals surface area contributed by atoms with E-state index >= 15 is 0 Å². The van der Waals surface area contributed by atoms with Crippen LogP contribution in [0.15, 0.2) is 55.0 Å². The van der Waals surface area contributed by atoms with E-state index < -0.39 is 5.60 Å². The molecule has 3 aromatic rings. The van der Waals surface area contributed by atoms with Crippen molar-refractivity contribution in [1.82, 2.24) is 19.8 Å². The van der Waals surface area contributed by atoms with Gasteiger partial charge in [0.25, 0.3) is 0 Å². The molecule has 2 amide bonds. The van der Waals surface area contributed by atoms with Crippen molar-refractivity contribution in [2.45, 2.75) is 71.6 Å². The summed E-state index contributed by atoms with van der Waals surface area (Å²) in [4.78, 5) is 34.8. The summed E-state index contributed by atoms with van der Waals surface area (Å²) in [6.07, 6.45) is 6.93. The van der Waals surface area contributed by atoms with Crippen molar-refractivity contribution in [3.63, 3.8) is 0 Å². The molecule has 0 radical (unpaired) electrons. The minimum atomic E-state index is -0.539. The molecule has 10 heteroatoms. The van der Waals surface area contributed by atoms with E-state index in [1.54, 1.807) is 18.5 Å². The van der Waals surface area contributed by atoms with Crippen molar-refractivity contribution >= 4 is 23.4 Å². The molecule has 2 aliphatic rings. The number of amides is 2. The van der Waals surface area contributed by atoms with Gasteiger partial charge in [-0.25, -0.2) is 14.2 Å². The number of benzene rings is 2. The SMILES string of the molecule is Cc1cn(-c2cc(CN3CCC[C@H](NC(=O)OC(C)(C)C)C3)cc(NC(=O)C3CCCN(c4ccc(F)cc4)C3)c2)cn1. The van der Waals surface area contributed by atoms with Crippen LogP contribution in [0.4, 0.5) is 20.6 Å². The lowest BCUT2D eigenvalue weighted by Crippen LogP contribution is -2.48. The van der Waals surface area contributed by atoms with Crippen molar-refractivity contribution < 1.29 is 18.7 Å². The number of nitrogens with zero attached hydrogens (tertiary/aromatic N) is 4. The molecular formula is C33H43FN6O3. The third kappa shape index (κ3) is 8.56. The second-order valence-electron chi connectivity index (χ2n) is 12.8. The number of rotatable bonds is 7. The maximum atomic E-state index is 13.5. The molecule has 1 unspecified atom stereocenters. The zero-order valence-electron chi connectivity index (χ0n) is 25.6. The van der Waals surface area contributed by atoms with Crippen molar-refractivity contribution in [2.24, 2.45) is 5.92 Å². The van der Waals surface area contributed by atoms with E-state index in [2.05, 4.69) is 31.5 Å². The molecule has 2 saturated heterocycles. The smallest absolute Gasteiger partial charge is 0.407 e. The van der Waals surface area contributed by atoms with E-state index in [1.165, 1.54) is 12.1 Å². The molecule has 2 N–H and O–H groups in total. The molecule has 5 rings (SSSR count). The van der Waals surface area contributed by atoms with E-state index in [-0.39, 0.29) is 29.8 Å². The van der Waals surface area contributed by atoms with Crippen molar-refractivity contribution in [3.05, 3.63) is 72.1 Å². The van der Waals surface area contributed by atoms with Crippen molar-refractivity contribution in [1.29, 1.82) is 0 Å². The second-order valence-corrected chi connectivity index (χ2v) is 12.8. The highest BCUT2D eigenvalue weighted by atomic mass is 19.1. The largest absolute Gasteiger partial charge is 0.444 e. The topological polar surface area (TPSA) is 91.7 Å². The lowest BCUT2D eigenvalue weighted by atomic mass is 9.96. The Balaban J connectivity index is 1.29. The average molecular weight is 591 g/mol. The van der Waals surface area contributed by atoms with Crippen LogP contribution >= 0.6 is 0 Å². The third-order valence-corrected chi connectivity index (χ3v) is 7.87. The molecule has 0 spiro atoms. The number of halogens is 1. The van der Waals surface area contributed by atoms with Gasteiger partial charge < -0.3 is 24.8 Å². The first kappa shape index (κ1) is 30.5. The summed E-state index contributed by atoms with van der Waals surface area (Å²) in [6, 6.07) is 12.6. The molecule has 2 fully saturated rings. The predicted molar refractivity (Wildman–Crippen MR) is 166 cm³/mol. The molecule has 2 aromatic carbocycles. The van der Waals surface area contributed by atoms with Gasteiger partial charge in [0.1, 0.15) is 11.4 Å². The Labute approximate surface area is 253 Å². The van der Waals surface area contributed by atoms with E-state index in [0.29, 0.717) is 13.1 Å². The summed E-state index contributed by atoms with van der Waals surface area (Å²) in [6.45, 7) is 11.3. The summed E-state index contributed by atoms with van der Waals surface area (Å²) in [5.41, 5.74) is 4.02. The summed E-state index contributed by atoms with van der Waals surface area (Å²) in [7, 11) is 0. The first-order chi connectivity index (χ1) is 20.5. The quantitative estimate of drug-likeness (QED) is 0.369. The first-order valence-electron chi connectivity index (χ1n) is 15.2. The molecule has 2 atom stereocenters. The van der Waals surface area contributed by atoms with Gasteiger partial charge in [0.2, 0.25) is 5.91 Å². The average Bonchev–Trinajstić information content (AvgIpc) is 3.39. The zero-order chi connectivity index (χ0) is 30.6. The van der Waals surface area contributed by atoms with Crippen LogP contribution in [-0.4, -0.2) is 64.3 Å². The van der Waals surface area contributed by atoms with Gasteiger partial charge in [-0.3, -0.25) is 9.69 Å². The number of aromatic nitrogens is 2. The standard InChI is InChI=1S/C33H43FN6O3/c1-23-18-40(22-35-23)30-16-24(19-38-13-6-8-27(21-38)37-32(42)43-33(2,3)4)15-28(17-30)36-31(41)25-7-5-14-39(20-25)29-11-9-26(34)10-12-29/h9-12,15-18,22,25,27H,5-8,13-14,19-21H2,1-4H3,(H,36,41)(H,37,42)/t25?,27-/m0/s1. The molecule has 0 saturated carbocycles. The number of ether oxygens (including phenoxy) is 1. The maximum absolute atomic E-state index is 13.5. The Hall–Kier alpha value is -3.92. The Bertz CT molecular complexity index is 1420. The first-order valence-corrected chi connectivity index (χ1v) is 15.2. The van der Waals surface area contributed by atoms with Gasteiger partial charge in [-0.1, -0.05) is 0 Å². The molecule has 230 valence electrons. The van der Waals surface area contributed by atoms with E-state index in [0.717, 1.165) is 73.6 Å². The van der Waals surface area contributed by atoms with Gasteiger partial charge >= 0.3 is 6.09 Å². The van der Waals surface area contributed by atoms with Crippen LogP contribution in [0.5, 0.6) is 0 Å². The van der Waals surface area contributed by atoms with Gasteiger partial charge in [0.05, 0.1) is 17.9 Å².